The highest BCUT2D eigenvalue weighted by molar-refractivity contribution is 7.11. The fourth-order valence-electron chi connectivity index (χ4n) is 2.33. The lowest BCUT2D eigenvalue weighted by Gasteiger charge is -2.17. The largest absolute Gasteiger partial charge is 0.387 e. The lowest BCUT2D eigenvalue weighted by molar-refractivity contribution is 0.161. The highest BCUT2D eigenvalue weighted by Gasteiger charge is 2.20. The van der Waals surface area contributed by atoms with E-state index >= 15 is 0 Å². The zero-order valence-corrected chi connectivity index (χ0v) is 13.7. The molecule has 1 heterocycles. The van der Waals surface area contributed by atoms with Crippen molar-refractivity contribution in [2.75, 3.05) is 6.54 Å². The third kappa shape index (κ3) is 3.69. The highest BCUT2D eigenvalue weighted by Crippen LogP contribution is 2.26. The number of aliphatic hydroxyl groups is 1. The minimum atomic E-state index is -1.23. The molecule has 0 aliphatic heterocycles. The van der Waals surface area contributed by atoms with Gasteiger partial charge in [-0.05, 0) is 32.4 Å². The number of hydrogen-bond acceptors (Lipinski definition) is 4. The number of aromatic nitrogens is 1. The van der Waals surface area contributed by atoms with Crippen LogP contribution in [0.3, 0.4) is 0 Å². The van der Waals surface area contributed by atoms with Crippen molar-refractivity contribution in [2.45, 2.75) is 39.3 Å². The average molecular weight is 326 g/mol. The Kier molecular flexibility index (Phi) is 5.61. The molecule has 1 aromatic carbocycles. The summed E-state index contributed by atoms with van der Waals surface area (Å²) in [6.45, 7) is 6.00. The van der Waals surface area contributed by atoms with Gasteiger partial charge in [-0.25, -0.2) is 13.8 Å². The molecular weight excluding hydrogens is 306 g/mol. The first-order chi connectivity index (χ1) is 10.4. The normalized spacial score (nSPS) is 14.1. The minimum absolute atomic E-state index is 0.0396. The molecule has 2 aromatic rings. The maximum atomic E-state index is 13.6. The summed E-state index contributed by atoms with van der Waals surface area (Å²) in [4.78, 5) is 5.54. The van der Waals surface area contributed by atoms with Crippen molar-refractivity contribution in [3.8, 4) is 0 Å². The van der Waals surface area contributed by atoms with Crippen LogP contribution >= 0.6 is 11.3 Å². The van der Waals surface area contributed by atoms with Crippen LogP contribution in [0, 0.1) is 18.6 Å². The van der Waals surface area contributed by atoms with Gasteiger partial charge in [-0.15, -0.1) is 11.3 Å². The van der Waals surface area contributed by atoms with Crippen molar-refractivity contribution in [2.24, 2.45) is 0 Å². The van der Waals surface area contributed by atoms with Crippen LogP contribution in [0.2, 0.25) is 0 Å². The van der Waals surface area contributed by atoms with E-state index in [2.05, 4.69) is 10.3 Å². The monoisotopic (exact) mass is 326 g/mol. The van der Waals surface area contributed by atoms with Gasteiger partial charge in [0.15, 0.2) is 0 Å². The smallest absolute Gasteiger partial charge is 0.131 e. The van der Waals surface area contributed by atoms with Crippen LogP contribution in [0.15, 0.2) is 18.2 Å². The Hall–Kier alpha value is -1.37. The van der Waals surface area contributed by atoms with E-state index in [9.17, 15) is 13.9 Å². The van der Waals surface area contributed by atoms with Crippen LogP contribution in [-0.2, 0) is 6.42 Å². The molecule has 2 atom stereocenters. The maximum absolute atomic E-state index is 13.6. The standard InChI is InChI=1S/C16H20F2N2OS/c1-4-14-20-10(3)16(22-14)9(2)19-8-13(21)15-11(17)6-5-7-12(15)18/h5-7,9,13,19,21H,4,8H2,1-3H3. The molecule has 0 radical (unpaired) electrons. The van der Waals surface area contributed by atoms with Crippen LogP contribution in [0.5, 0.6) is 0 Å². The summed E-state index contributed by atoms with van der Waals surface area (Å²) in [7, 11) is 0. The zero-order chi connectivity index (χ0) is 16.3. The van der Waals surface area contributed by atoms with Gasteiger partial charge in [-0.1, -0.05) is 13.0 Å². The van der Waals surface area contributed by atoms with Crippen molar-refractivity contribution in [1.82, 2.24) is 10.3 Å². The molecule has 2 unspecified atom stereocenters. The highest BCUT2D eigenvalue weighted by atomic mass is 32.1. The van der Waals surface area contributed by atoms with Gasteiger partial charge in [0.25, 0.3) is 0 Å². The Morgan fingerprint density at radius 1 is 1.32 bits per heavy atom. The minimum Gasteiger partial charge on any atom is -0.387 e. The molecule has 0 saturated heterocycles. The number of halogens is 2. The van der Waals surface area contributed by atoms with Crippen molar-refractivity contribution >= 4 is 11.3 Å². The van der Waals surface area contributed by atoms with Gasteiger partial charge in [0.1, 0.15) is 11.6 Å². The molecule has 2 rings (SSSR count). The Morgan fingerprint density at radius 2 is 1.95 bits per heavy atom. The van der Waals surface area contributed by atoms with Crippen LogP contribution < -0.4 is 5.32 Å². The Labute approximate surface area is 133 Å². The molecule has 120 valence electrons. The molecule has 0 spiro atoms. The maximum Gasteiger partial charge on any atom is 0.131 e. The summed E-state index contributed by atoms with van der Waals surface area (Å²) in [6.07, 6.45) is -0.357. The third-order valence-electron chi connectivity index (χ3n) is 3.52. The van der Waals surface area contributed by atoms with Crippen LogP contribution in [-0.4, -0.2) is 16.6 Å². The van der Waals surface area contributed by atoms with Gasteiger partial charge < -0.3 is 10.4 Å². The summed E-state index contributed by atoms with van der Waals surface area (Å²) in [5.74, 6) is -1.46. The van der Waals surface area contributed by atoms with Gasteiger partial charge in [-0.3, -0.25) is 0 Å². The van der Waals surface area contributed by atoms with Gasteiger partial charge in [0, 0.05) is 17.5 Å². The molecule has 2 N–H and O–H groups in total. The van der Waals surface area contributed by atoms with Crippen molar-refractivity contribution in [3.63, 3.8) is 0 Å². The number of nitrogens with one attached hydrogen (secondary N) is 1. The number of nitrogens with zero attached hydrogens (tertiary/aromatic N) is 1. The quantitative estimate of drug-likeness (QED) is 0.851. The number of benzene rings is 1. The van der Waals surface area contributed by atoms with E-state index in [0.29, 0.717) is 0 Å². The van der Waals surface area contributed by atoms with Gasteiger partial charge in [0.05, 0.1) is 22.4 Å². The number of aryl methyl sites for hydroxylation is 2. The zero-order valence-electron chi connectivity index (χ0n) is 12.9. The summed E-state index contributed by atoms with van der Waals surface area (Å²) in [6, 6.07) is 3.53. The van der Waals surface area contributed by atoms with Crippen LogP contribution in [0.25, 0.3) is 0 Å². The Bertz CT molecular complexity index is 625. The second kappa shape index (κ2) is 7.26. The predicted molar refractivity (Wildman–Crippen MR) is 84.0 cm³/mol. The van der Waals surface area contributed by atoms with Crippen molar-refractivity contribution in [3.05, 3.63) is 51.0 Å². The van der Waals surface area contributed by atoms with E-state index in [1.807, 2.05) is 20.8 Å². The molecule has 0 bridgehead atoms. The van der Waals surface area contributed by atoms with E-state index in [1.165, 1.54) is 6.07 Å². The molecule has 22 heavy (non-hydrogen) atoms. The molecule has 0 fully saturated rings. The molecular formula is C16H20F2N2OS. The SMILES string of the molecule is CCc1nc(C)c(C(C)NCC(O)c2c(F)cccc2F)s1. The fraction of sp³-hybridized carbons (Fsp3) is 0.438. The van der Waals surface area contributed by atoms with E-state index < -0.39 is 17.7 Å². The van der Waals surface area contributed by atoms with Crippen LogP contribution in [0.4, 0.5) is 8.78 Å². The van der Waals surface area contributed by atoms with Crippen LogP contribution in [0.1, 0.15) is 47.1 Å². The fourth-order valence-corrected chi connectivity index (χ4v) is 3.37. The topological polar surface area (TPSA) is 45.2 Å². The summed E-state index contributed by atoms with van der Waals surface area (Å²) < 4.78 is 27.3. The lowest BCUT2D eigenvalue weighted by atomic mass is 10.1. The molecule has 1 aromatic heterocycles. The van der Waals surface area contributed by atoms with Gasteiger partial charge in [-0.2, -0.15) is 0 Å². The predicted octanol–water partition coefficient (Wildman–Crippen LogP) is 3.68. The molecule has 3 nitrogen and oxygen atoms in total. The van der Waals surface area contributed by atoms with Crippen molar-refractivity contribution < 1.29 is 13.9 Å². The Balaban J connectivity index is 2.04. The molecule has 0 aliphatic carbocycles. The molecule has 0 amide bonds. The number of thiazole rings is 1. The third-order valence-corrected chi connectivity index (χ3v) is 5.01. The number of rotatable bonds is 6. The average Bonchev–Trinajstić information content (AvgIpc) is 2.86. The first kappa shape index (κ1) is 17.0. The van der Waals surface area contributed by atoms with Gasteiger partial charge in [0.2, 0.25) is 0 Å². The van der Waals surface area contributed by atoms with E-state index in [-0.39, 0.29) is 18.2 Å². The van der Waals surface area contributed by atoms with E-state index in [0.717, 1.165) is 34.1 Å². The second-order valence-corrected chi connectivity index (χ2v) is 6.31. The number of aliphatic hydroxyl groups excluding tert-OH is 1. The summed E-state index contributed by atoms with van der Waals surface area (Å²) in [5, 5.41) is 14.2. The molecule has 6 heteroatoms. The van der Waals surface area contributed by atoms with Crippen molar-refractivity contribution in [1.29, 1.82) is 0 Å². The summed E-state index contributed by atoms with van der Waals surface area (Å²) in [5.41, 5.74) is 0.658. The number of hydrogen-bond donors (Lipinski definition) is 2. The summed E-state index contributed by atoms with van der Waals surface area (Å²) >= 11 is 1.62. The van der Waals surface area contributed by atoms with E-state index in [4.69, 9.17) is 0 Å². The first-order valence-electron chi connectivity index (χ1n) is 7.25. The second-order valence-electron chi connectivity index (χ2n) is 5.19. The first-order valence-corrected chi connectivity index (χ1v) is 8.07. The van der Waals surface area contributed by atoms with E-state index in [1.54, 1.807) is 11.3 Å². The molecule has 0 saturated carbocycles. The Morgan fingerprint density at radius 3 is 2.50 bits per heavy atom. The molecule has 0 aliphatic rings. The lowest BCUT2D eigenvalue weighted by Crippen LogP contribution is -2.25. The van der Waals surface area contributed by atoms with Gasteiger partial charge >= 0.3 is 0 Å².